The SMILES string of the molecule is Nc1cccc(-c2nc3ccc(C(=O)c4ccc5nc(-c6cccc(N)c6F)oc5c4)cc3o2)c1F. The lowest BCUT2D eigenvalue weighted by atomic mass is 10.0. The molecule has 0 saturated heterocycles. The molecule has 0 amide bonds. The van der Waals surface area contributed by atoms with Crippen LogP contribution < -0.4 is 11.5 Å². The van der Waals surface area contributed by atoms with Crippen molar-refractivity contribution in [3.8, 4) is 22.9 Å². The largest absolute Gasteiger partial charge is 0.436 e. The molecule has 176 valence electrons. The molecule has 0 atom stereocenters. The molecule has 7 nitrogen and oxygen atoms in total. The summed E-state index contributed by atoms with van der Waals surface area (Å²) in [5.74, 6) is -1.44. The lowest BCUT2D eigenvalue weighted by molar-refractivity contribution is 0.103. The molecule has 4 N–H and O–H groups in total. The van der Waals surface area contributed by atoms with E-state index in [1.807, 2.05) is 0 Å². The van der Waals surface area contributed by atoms with Gasteiger partial charge in [-0.15, -0.1) is 0 Å². The smallest absolute Gasteiger partial charge is 0.230 e. The molecular weight excluding hydrogens is 466 g/mol. The number of hydrogen-bond donors (Lipinski definition) is 2. The Morgan fingerprint density at radius 3 is 1.56 bits per heavy atom. The van der Waals surface area contributed by atoms with E-state index in [1.165, 1.54) is 36.4 Å². The van der Waals surface area contributed by atoms with Gasteiger partial charge in [0.15, 0.2) is 28.6 Å². The second kappa shape index (κ2) is 8.02. The van der Waals surface area contributed by atoms with E-state index in [4.69, 9.17) is 20.3 Å². The van der Waals surface area contributed by atoms with E-state index < -0.39 is 11.6 Å². The van der Waals surface area contributed by atoms with Gasteiger partial charge in [0.2, 0.25) is 11.8 Å². The van der Waals surface area contributed by atoms with E-state index in [2.05, 4.69) is 9.97 Å². The average Bonchev–Trinajstić information content (AvgIpc) is 3.50. The number of carbonyl (C=O) groups is 1. The molecule has 0 saturated carbocycles. The molecule has 0 bridgehead atoms. The standard InChI is InChI=1S/C27H16F2N4O3/c28-23-15(3-1-5-17(23)30)26-32-19-9-7-13(11-21(19)35-26)25(34)14-8-10-20-22(12-14)36-27(33-20)16-4-2-6-18(31)24(16)29/h1-12H,30-31H2. The summed E-state index contributed by atoms with van der Waals surface area (Å²) in [6, 6.07) is 18.6. The van der Waals surface area contributed by atoms with Crippen molar-refractivity contribution in [1.29, 1.82) is 0 Å². The topological polar surface area (TPSA) is 121 Å². The fourth-order valence-electron chi connectivity index (χ4n) is 3.96. The maximum Gasteiger partial charge on any atom is 0.230 e. The van der Waals surface area contributed by atoms with E-state index >= 15 is 0 Å². The van der Waals surface area contributed by atoms with Crippen molar-refractivity contribution in [2.24, 2.45) is 0 Å². The highest BCUT2D eigenvalue weighted by atomic mass is 19.1. The summed E-state index contributed by atoms with van der Waals surface area (Å²) in [6.07, 6.45) is 0. The maximum atomic E-state index is 14.4. The van der Waals surface area contributed by atoms with Crippen molar-refractivity contribution in [1.82, 2.24) is 9.97 Å². The van der Waals surface area contributed by atoms with Crippen LogP contribution in [-0.4, -0.2) is 15.8 Å². The number of anilines is 2. The first-order chi connectivity index (χ1) is 17.4. The van der Waals surface area contributed by atoms with E-state index in [0.717, 1.165) is 0 Å². The van der Waals surface area contributed by atoms with Crippen LogP contribution in [0, 0.1) is 11.6 Å². The molecule has 0 unspecified atom stereocenters. The minimum absolute atomic E-state index is 0.0185. The lowest BCUT2D eigenvalue weighted by Gasteiger charge is -2.01. The van der Waals surface area contributed by atoms with Gasteiger partial charge >= 0.3 is 0 Å². The highest BCUT2D eigenvalue weighted by Gasteiger charge is 2.19. The van der Waals surface area contributed by atoms with Gasteiger partial charge in [-0.3, -0.25) is 4.79 Å². The Hall–Kier alpha value is -5.05. The lowest BCUT2D eigenvalue weighted by Crippen LogP contribution is -2.00. The summed E-state index contributed by atoms with van der Waals surface area (Å²) in [7, 11) is 0. The van der Waals surface area contributed by atoms with Gasteiger partial charge in [-0.05, 0) is 60.7 Å². The van der Waals surface area contributed by atoms with Gasteiger partial charge in [-0.25, -0.2) is 18.7 Å². The summed E-state index contributed by atoms with van der Waals surface area (Å²) >= 11 is 0. The number of ketones is 1. The van der Waals surface area contributed by atoms with Crippen molar-refractivity contribution in [2.45, 2.75) is 0 Å². The predicted octanol–water partition coefficient (Wildman–Crippen LogP) is 5.98. The van der Waals surface area contributed by atoms with Crippen molar-refractivity contribution >= 4 is 39.4 Å². The first-order valence-electron chi connectivity index (χ1n) is 10.8. The van der Waals surface area contributed by atoms with Crippen LogP contribution in [0.25, 0.3) is 45.1 Å². The van der Waals surface area contributed by atoms with E-state index in [-0.39, 0.29) is 40.1 Å². The normalized spacial score (nSPS) is 11.4. The third-order valence-corrected chi connectivity index (χ3v) is 5.82. The molecule has 0 fully saturated rings. The number of benzene rings is 4. The minimum Gasteiger partial charge on any atom is -0.436 e. The van der Waals surface area contributed by atoms with Gasteiger partial charge < -0.3 is 20.3 Å². The number of nitrogen functional groups attached to an aromatic ring is 2. The van der Waals surface area contributed by atoms with Crippen LogP contribution in [0.15, 0.2) is 81.6 Å². The molecule has 6 aromatic rings. The summed E-state index contributed by atoms with van der Waals surface area (Å²) in [4.78, 5) is 21.8. The second-order valence-corrected chi connectivity index (χ2v) is 8.15. The number of carbonyl (C=O) groups excluding carboxylic acids is 1. The second-order valence-electron chi connectivity index (χ2n) is 8.15. The molecular formula is C27H16F2N4O3. The number of fused-ring (bicyclic) bond motifs is 2. The molecule has 0 aliphatic rings. The summed E-state index contributed by atoms with van der Waals surface area (Å²) in [5.41, 5.74) is 13.7. The van der Waals surface area contributed by atoms with Crippen LogP contribution >= 0.6 is 0 Å². The van der Waals surface area contributed by atoms with E-state index in [1.54, 1.807) is 36.4 Å². The van der Waals surface area contributed by atoms with Crippen molar-refractivity contribution < 1.29 is 22.4 Å². The fourth-order valence-corrected chi connectivity index (χ4v) is 3.96. The Morgan fingerprint density at radius 2 is 1.11 bits per heavy atom. The zero-order valence-corrected chi connectivity index (χ0v) is 18.5. The van der Waals surface area contributed by atoms with Gasteiger partial charge in [0.05, 0.1) is 22.5 Å². The third-order valence-electron chi connectivity index (χ3n) is 5.82. The Bertz CT molecular complexity index is 1690. The van der Waals surface area contributed by atoms with Gasteiger partial charge in [0, 0.05) is 11.1 Å². The first kappa shape index (κ1) is 21.5. The summed E-state index contributed by atoms with van der Waals surface area (Å²) in [5, 5.41) is 0. The molecule has 0 aliphatic carbocycles. The van der Waals surface area contributed by atoms with Crippen LogP contribution in [0.3, 0.4) is 0 Å². The van der Waals surface area contributed by atoms with Crippen molar-refractivity contribution in [3.05, 3.63) is 95.6 Å². The first-order valence-corrected chi connectivity index (χ1v) is 10.8. The van der Waals surface area contributed by atoms with Crippen LogP contribution in [0.4, 0.5) is 20.2 Å². The molecule has 36 heavy (non-hydrogen) atoms. The highest BCUT2D eigenvalue weighted by Crippen LogP contribution is 2.31. The third kappa shape index (κ3) is 3.45. The molecule has 6 rings (SSSR count). The highest BCUT2D eigenvalue weighted by molar-refractivity contribution is 6.11. The number of rotatable bonds is 4. The zero-order chi connectivity index (χ0) is 25.0. The van der Waals surface area contributed by atoms with E-state index in [0.29, 0.717) is 33.3 Å². The Kier molecular flexibility index (Phi) is 4.78. The van der Waals surface area contributed by atoms with Crippen LogP contribution in [0.5, 0.6) is 0 Å². The van der Waals surface area contributed by atoms with Crippen LogP contribution in [-0.2, 0) is 0 Å². The molecule has 9 heteroatoms. The molecule has 0 spiro atoms. The van der Waals surface area contributed by atoms with Crippen molar-refractivity contribution in [3.63, 3.8) is 0 Å². The fraction of sp³-hybridized carbons (Fsp3) is 0. The van der Waals surface area contributed by atoms with Gasteiger partial charge in [0.1, 0.15) is 11.0 Å². The Balaban J connectivity index is 1.35. The number of oxazole rings is 2. The molecule has 4 aromatic carbocycles. The maximum absolute atomic E-state index is 14.4. The number of aromatic nitrogens is 2. The molecule has 0 radical (unpaired) electrons. The van der Waals surface area contributed by atoms with Crippen LogP contribution in [0.2, 0.25) is 0 Å². The van der Waals surface area contributed by atoms with Gasteiger partial charge in [-0.2, -0.15) is 0 Å². The number of hydrogen-bond acceptors (Lipinski definition) is 7. The Morgan fingerprint density at radius 1 is 0.667 bits per heavy atom. The van der Waals surface area contributed by atoms with E-state index in [9.17, 15) is 13.6 Å². The van der Waals surface area contributed by atoms with Crippen molar-refractivity contribution in [2.75, 3.05) is 11.5 Å². The molecule has 0 aliphatic heterocycles. The van der Waals surface area contributed by atoms with Gasteiger partial charge in [-0.1, -0.05) is 12.1 Å². The summed E-state index contributed by atoms with van der Waals surface area (Å²) in [6.45, 7) is 0. The van der Waals surface area contributed by atoms with Crippen LogP contribution in [0.1, 0.15) is 15.9 Å². The number of nitrogens with zero attached hydrogens (tertiary/aromatic N) is 2. The zero-order valence-electron chi connectivity index (χ0n) is 18.5. The Labute approximate surface area is 202 Å². The quantitative estimate of drug-likeness (QED) is 0.234. The number of halogens is 2. The van der Waals surface area contributed by atoms with Gasteiger partial charge in [0.25, 0.3) is 0 Å². The minimum atomic E-state index is -0.627. The monoisotopic (exact) mass is 482 g/mol. The molecule has 2 heterocycles. The molecule has 2 aromatic heterocycles. The number of nitrogens with two attached hydrogens (primary N) is 2. The predicted molar refractivity (Wildman–Crippen MR) is 131 cm³/mol. The summed E-state index contributed by atoms with van der Waals surface area (Å²) < 4.78 is 40.3. The average molecular weight is 482 g/mol.